The van der Waals surface area contributed by atoms with Crippen LogP contribution in [0.1, 0.15) is 116 Å². The molecule has 12 atom stereocenters. The number of aliphatic hydroxyl groups is 2. The number of nitrogens with one attached hydrogen (secondary N) is 7. The van der Waals surface area contributed by atoms with Crippen LogP contribution in [0.2, 0.25) is 0 Å². The average Bonchev–Trinajstić information content (AvgIpc) is 0.666. The van der Waals surface area contributed by atoms with E-state index in [0.717, 1.165) is 13.8 Å². The largest absolute Gasteiger partial charge is 0.480 e. The molecule has 2 saturated carbocycles. The number of amides is 4. The fraction of sp³-hybridized carbons (Fsp3) is 0.449. The van der Waals surface area contributed by atoms with Gasteiger partial charge in [-0.05, 0) is 85.5 Å². The number of aromatic amines is 1. The predicted octanol–water partition coefficient (Wildman–Crippen LogP) is 2.04. The van der Waals surface area contributed by atoms with E-state index in [1.54, 1.807) is 78.9 Å². The van der Waals surface area contributed by atoms with E-state index in [0.29, 0.717) is 16.9 Å². The first-order valence-corrected chi connectivity index (χ1v) is 36.5. The Labute approximate surface area is 647 Å². The fourth-order valence-corrected chi connectivity index (χ4v) is 14.8. The molecule has 35 heteroatoms. The van der Waals surface area contributed by atoms with Gasteiger partial charge in [0.2, 0.25) is 17.8 Å². The van der Waals surface area contributed by atoms with Crippen molar-refractivity contribution in [3.05, 3.63) is 171 Å². The normalized spacial score (nSPS) is 22.8. The molecule has 4 aliphatic rings. The van der Waals surface area contributed by atoms with Gasteiger partial charge in [0.15, 0.2) is 34.8 Å². The lowest BCUT2D eigenvalue weighted by atomic mass is 9.44. The third-order valence-corrected chi connectivity index (χ3v) is 20.5. The van der Waals surface area contributed by atoms with Crippen molar-refractivity contribution in [2.24, 2.45) is 16.7 Å². The molecule has 6 aromatic rings. The Morgan fingerprint density at radius 3 is 1.92 bits per heavy atom. The van der Waals surface area contributed by atoms with E-state index in [1.807, 2.05) is 0 Å². The number of nitrogens with two attached hydrogens (primary N) is 1. The highest BCUT2D eigenvalue weighted by molar-refractivity contribution is 5.98. The molecule has 4 amide bonds. The zero-order chi connectivity index (χ0) is 81.4. The highest BCUT2D eigenvalue weighted by Crippen LogP contribution is 2.65. The van der Waals surface area contributed by atoms with Crippen LogP contribution in [0.3, 0.4) is 0 Å². The number of benzene rings is 4. The van der Waals surface area contributed by atoms with E-state index < -0.39 is 174 Å². The molecule has 2 aromatic heterocycles. The average molecular weight is 1570 g/mol. The Balaban J connectivity index is 0.696. The summed E-state index contributed by atoms with van der Waals surface area (Å²) in [6.45, 7) is 7.66. The van der Waals surface area contributed by atoms with E-state index in [2.05, 4.69) is 51.8 Å². The first-order valence-electron chi connectivity index (χ1n) is 36.5. The molecule has 10 rings (SSSR count). The van der Waals surface area contributed by atoms with Crippen molar-refractivity contribution >= 4 is 88.0 Å². The number of aliphatic carboxylic acids is 1. The van der Waals surface area contributed by atoms with Crippen molar-refractivity contribution in [2.45, 2.75) is 134 Å². The van der Waals surface area contributed by atoms with Crippen molar-refractivity contribution < 1.29 is 111 Å². The summed E-state index contributed by atoms with van der Waals surface area (Å²) in [4.78, 5) is 178. The summed E-state index contributed by atoms with van der Waals surface area (Å²) in [5.41, 5.74) is -1.87. The number of H-pyrrole nitrogens is 1. The van der Waals surface area contributed by atoms with Gasteiger partial charge in [-0.25, -0.2) is 24.4 Å². The molecule has 1 aliphatic heterocycles. The number of anilines is 2. The minimum atomic E-state index is -2.57. The number of carbonyl (C=O) groups is 11. The summed E-state index contributed by atoms with van der Waals surface area (Å²) < 4.78 is 54.0. The smallest absolute Gasteiger partial charge is 0.338 e. The first-order chi connectivity index (χ1) is 53.9. The van der Waals surface area contributed by atoms with Gasteiger partial charge < -0.3 is 90.3 Å². The Morgan fingerprint density at radius 1 is 0.708 bits per heavy atom. The van der Waals surface area contributed by atoms with E-state index in [4.69, 9.17) is 48.4 Å². The van der Waals surface area contributed by atoms with Crippen molar-refractivity contribution in [2.75, 3.05) is 83.5 Å². The zero-order valence-corrected chi connectivity index (χ0v) is 62.9. The summed E-state index contributed by atoms with van der Waals surface area (Å²) in [5.74, 6) is -11.7. The molecule has 1 saturated heterocycles. The number of aliphatic hydroxyl groups excluding tert-OH is 1. The third kappa shape index (κ3) is 19.7. The van der Waals surface area contributed by atoms with Gasteiger partial charge in [0, 0.05) is 68.4 Å². The number of carboxylic acid groups (broad SMARTS) is 1. The van der Waals surface area contributed by atoms with Gasteiger partial charge >= 0.3 is 35.8 Å². The summed E-state index contributed by atoms with van der Waals surface area (Å²) in [6, 6.07) is 27.1. The van der Waals surface area contributed by atoms with Crippen LogP contribution < -0.4 is 43.2 Å². The Bertz CT molecular complexity index is 4570. The molecule has 0 spiro atoms. The first kappa shape index (κ1) is 84.0. The topological polar surface area (TPSA) is 501 Å². The lowest BCUT2D eigenvalue weighted by Crippen LogP contribution is -2.82. The maximum atomic E-state index is 16.4. The van der Waals surface area contributed by atoms with Gasteiger partial charge in [0.1, 0.15) is 36.1 Å². The number of carbonyl (C=O) groups excluding carboxylic acids is 10. The van der Waals surface area contributed by atoms with Crippen molar-refractivity contribution in [3.63, 3.8) is 0 Å². The third-order valence-electron chi connectivity index (χ3n) is 20.5. The number of esters is 5. The van der Waals surface area contributed by atoms with Crippen LogP contribution in [-0.2, 0) is 87.5 Å². The van der Waals surface area contributed by atoms with Crippen molar-refractivity contribution in [3.8, 4) is 0 Å². The number of nitrogens with zero attached hydrogens (tertiary/aromatic N) is 3. The van der Waals surface area contributed by atoms with Crippen LogP contribution in [0.5, 0.6) is 0 Å². The number of fused-ring (bicyclic) bond motifs is 6. The van der Waals surface area contributed by atoms with Gasteiger partial charge in [-0.15, -0.1) is 0 Å². The molecule has 4 aromatic carbocycles. The standard InChI is InChI=1S/C78H91N11O24/c1-43-53(110-73(103)62(95)60(46-16-10-7-11-17-46)87-69(98)47-18-12-8-13-19-47)37-78(104)66(112-72(102)49-20-14-9-15-21-49)64-76(6,65(96)63(109-44(2)90)59(43)75(78,4)5)54(36-55-77(64,42-108-55)113-45(3)91)111-58(94)41-80-40-57(93)82-29-31-106-33-35-107-34-32-105-30-28-81-56(92)27-26-52(71(100)101)86-68(97)48-22-24-50(25-23-48)83-38-51-39-84-67-61(85-51)70(99)89-74(79)88-67/h7-25,39,52-55,60,62-64,66,80,83,95,104H,26-38,40-42H2,1-6H3,(H,81,92)(H,82,93)(H,86,97)(H,87,98)(H,100,101)(H3,79,84,88,89,99)/t52-,53-,54-,55+,60-,62+,63+,64?,66?,76+,77-,78+/m0/s1. The fourth-order valence-electron chi connectivity index (χ4n) is 14.8. The van der Waals surface area contributed by atoms with E-state index in [-0.39, 0.29) is 123 Å². The molecule has 602 valence electrons. The lowest BCUT2D eigenvalue weighted by Gasteiger charge is -2.67. The number of rotatable bonds is 36. The Hall–Kier alpha value is -11.5. The highest BCUT2D eigenvalue weighted by atomic mass is 16.6. The van der Waals surface area contributed by atoms with Gasteiger partial charge in [-0.2, -0.15) is 4.98 Å². The number of hydrogen-bond acceptors (Lipinski definition) is 29. The van der Waals surface area contributed by atoms with Crippen LogP contribution in [0.15, 0.2) is 137 Å². The molecule has 113 heavy (non-hydrogen) atoms. The van der Waals surface area contributed by atoms with Crippen LogP contribution in [0.4, 0.5) is 11.6 Å². The number of Topliss-reactive ketones (excluding diaryl/α,β-unsaturated/α-hetero) is 1. The number of hydrogen-bond donors (Lipinski definition) is 11. The second-order valence-electron chi connectivity index (χ2n) is 28.3. The predicted molar refractivity (Wildman–Crippen MR) is 397 cm³/mol. The number of carboxylic acids is 1. The van der Waals surface area contributed by atoms with Gasteiger partial charge in [0.05, 0.1) is 101 Å². The van der Waals surface area contributed by atoms with Gasteiger partial charge in [-0.1, -0.05) is 80.6 Å². The molecule has 12 N–H and O–H groups in total. The molecular weight excluding hydrogens is 1470 g/mol. The van der Waals surface area contributed by atoms with Crippen molar-refractivity contribution in [1.29, 1.82) is 0 Å². The molecule has 0 radical (unpaired) electrons. The minimum Gasteiger partial charge on any atom is -0.480 e. The molecule has 3 aliphatic carbocycles. The van der Waals surface area contributed by atoms with E-state index in [9.17, 15) is 68.1 Å². The Kier molecular flexibility index (Phi) is 27.7. The maximum Gasteiger partial charge on any atom is 0.338 e. The summed E-state index contributed by atoms with van der Waals surface area (Å²) >= 11 is 0. The Morgan fingerprint density at radius 2 is 1.31 bits per heavy atom. The second kappa shape index (κ2) is 37.2. The van der Waals surface area contributed by atoms with Crippen LogP contribution in [0.25, 0.3) is 11.2 Å². The second-order valence-corrected chi connectivity index (χ2v) is 28.3. The van der Waals surface area contributed by atoms with E-state index >= 15 is 4.79 Å². The SMILES string of the molecule is CC(=O)O[C@H]1C(=O)[C@@]2(C)C(C(OC(=O)c3ccccc3)[C@]3(O)C[C@H](OC(=O)[C@H](O)[C@@H](NC(=O)c4ccccc4)c4ccccc4)C(C)=C1C3(C)C)[C@]1(OC(C)=O)CO[C@@H]1C[C@@H]2OC(=O)CNCC(=O)NCCOCCOCCOCCNC(=O)CC[C@H](NC(=O)c1ccc(NCc2cnc3nc(N)[nH]c(=O)c3n2)cc1)C(=O)O. The summed E-state index contributed by atoms with van der Waals surface area (Å²) in [5, 5.41) is 52.3. The van der Waals surface area contributed by atoms with Gasteiger partial charge in [-0.3, -0.25) is 53.5 Å². The maximum absolute atomic E-state index is 16.4. The molecule has 3 fully saturated rings. The molecular formula is C78H91N11O24. The molecule has 3 heterocycles. The summed E-state index contributed by atoms with van der Waals surface area (Å²) in [7, 11) is 0. The van der Waals surface area contributed by atoms with Crippen LogP contribution in [-0.4, -0.2) is 227 Å². The number of ether oxygens (including phenoxy) is 9. The number of ketones is 1. The minimum absolute atomic E-state index is 0.0182. The van der Waals surface area contributed by atoms with E-state index in [1.165, 1.54) is 70.3 Å². The lowest BCUT2D eigenvalue weighted by molar-refractivity contribution is -0.346. The van der Waals surface area contributed by atoms with Crippen molar-refractivity contribution in [1.82, 2.24) is 46.5 Å². The van der Waals surface area contributed by atoms with Crippen LogP contribution in [0, 0.1) is 16.7 Å². The van der Waals surface area contributed by atoms with Gasteiger partial charge in [0.25, 0.3) is 17.4 Å². The number of nitrogen functional groups attached to an aromatic ring is 1. The molecule has 35 nitrogen and oxygen atoms in total. The molecule has 2 unspecified atom stereocenters. The molecule has 2 bridgehead atoms. The quantitative estimate of drug-likeness (QED) is 0.0116. The zero-order valence-electron chi connectivity index (χ0n) is 62.9. The number of aromatic nitrogens is 4. The monoisotopic (exact) mass is 1570 g/mol. The highest BCUT2D eigenvalue weighted by Gasteiger charge is 2.79. The summed E-state index contributed by atoms with van der Waals surface area (Å²) in [6.07, 6.45) is -10.6. The van der Waals surface area contributed by atoms with Crippen LogP contribution >= 0.6 is 0 Å².